The highest BCUT2D eigenvalue weighted by Gasteiger charge is 2.11. The fraction of sp³-hybridized carbons (Fsp3) is 0.667. The molecule has 0 fully saturated rings. The maximum atomic E-state index is 11.8. The van der Waals surface area contributed by atoms with Crippen molar-refractivity contribution in [2.75, 3.05) is 13.1 Å². The molecule has 2 N–H and O–H groups in total. The van der Waals surface area contributed by atoms with Crippen molar-refractivity contribution in [3.05, 3.63) is 17.0 Å². The van der Waals surface area contributed by atoms with Crippen LogP contribution in [0.1, 0.15) is 37.2 Å². The zero-order valence-electron chi connectivity index (χ0n) is 13.6. The van der Waals surface area contributed by atoms with Crippen LogP contribution in [0.15, 0.2) is 0 Å². The summed E-state index contributed by atoms with van der Waals surface area (Å²) in [6, 6.07) is 0. The Morgan fingerprint density at radius 2 is 1.81 bits per heavy atom. The largest absolute Gasteiger partial charge is 0.354 e. The van der Waals surface area contributed by atoms with E-state index in [2.05, 4.69) is 15.7 Å². The van der Waals surface area contributed by atoms with Gasteiger partial charge in [0.15, 0.2) is 0 Å². The van der Waals surface area contributed by atoms with Crippen LogP contribution in [0.5, 0.6) is 0 Å². The molecule has 0 aliphatic carbocycles. The van der Waals surface area contributed by atoms with Gasteiger partial charge in [-0.1, -0.05) is 13.8 Å². The van der Waals surface area contributed by atoms with Crippen LogP contribution in [-0.2, 0) is 23.1 Å². The summed E-state index contributed by atoms with van der Waals surface area (Å²) in [5, 5.41) is 9.92. The van der Waals surface area contributed by atoms with E-state index in [9.17, 15) is 9.59 Å². The molecule has 1 aromatic heterocycles. The Balaban J connectivity index is 2.27. The van der Waals surface area contributed by atoms with Crippen molar-refractivity contribution in [3.63, 3.8) is 0 Å². The quantitative estimate of drug-likeness (QED) is 0.732. The van der Waals surface area contributed by atoms with Gasteiger partial charge in [0.2, 0.25) is 11.8 Å². The number of nitrogens with zero attached hydrogens (tertiary/aromatic N) is 2. The van der Waals surface area contributed by atoms with E-state index in [4.69, 9.17) is 0 Å². The highest BCUT2D eigenvalue weighted by Crippen LogP contribution is 2.13. The topological polar surface area (TPSA) is 76.0 Å². The molecule has 1 rings (SSSR count). The van der Waals surface area contributed by atoms with Crippen molar-refractivity contribution in [2.45, 2.75) is 40.5 Å². The molecule has 0 saturated carbocycles. The molecule has 0 radical (unpaired) electrons. The molecule has 21 heavy (non-hydrogen) atoms. The van der Waals surface area contributed by atoms with Gasteiger partial charge in [-0.05, 0) is 25.8 Å². The molecule has 1 aromatic rings. The van der Waals surface area contributed by atoms with E-state index in [0.717, 1.165) is 17.0 Å². The average Bonchev–Trinajstić information content (AvgIpc) is 2.66. The molecule has 0 aliphatic rings. The lowest BCUT2D eigenvalue weighted by Gasteiger charge is -2.09. The molecular weight excluding hydrogens is 268 g/mol. The number of rotatable bonds is 7. The minimum absolute atomic E-state index is 0.00329. The molecule has 0 atom stereocenters. The first-order chi connectivity index (χ1) is 9.82. The van der Waals surface area contributed by atoms with E-state index >= 15 is 0 Å². The summed E-state index contributed by atoms with van der Waals surface area (Å²) in [4.78, 5) is 23.1. The molecule has 0 spiro atoms. The normalized spacial score (nSPS) is 10.8. The van der Waals surface area contributed by atoms with E-state index in [-0.39, 0.29) is 17.7 Å². The van der Waals surface area contributed by atoms with Gasteiger partial charge in [0.1, 0.15) is 0 Å². The van der Waals surface area contributed by atoms with Gasteiger partial charge in [0, 0.05) is 38.2 Å². The number of carbonyl (C=O) groups is 2. The number of hydrogen-bond donors (Lipinski definition) is 2. The van der Waals surface area contributed by atoms with Crippen molar-refractivity contribution >= 4 is 11.8 Å². The highest BCUT2D eigenvalue weighted by atomic mass is 16.2. The summed E-state index contributed by atoms with van der Waals surface area (Å²) in [5.41, 5.74) is 3.22. The number of nitrogens with one attached hydrogen (secondary N) is 2. The van der Waals surface area contributed by atoms with Crippen LogP contribution in [0, 0.1) is 19.8 Å². The lowest BCUT2D eigenvalue weighted by Crippen LogP contribution is -2.36. The van der Waals surface area contributed by atoms with Crippen molar-refractivity contribution in [3.8, 4) is 0 Å². The molecule has 6 nitrogen and oxygen atoms in total. The SMILES string of the molecule is Cc1nn(C)c(C)c1CCC(=O)NCCNC(=O)C(C)C. The standard InChI is InChI=1S/C15H26N4O2/c1-10(2)15(21)17-9-8-16-14(20)7-6-13-11(3)18-19(5)12(13)4/h10H,6-9H2,1-5H3,(H,16,20)(H,17,21). The first-order valence-corrected chi connectivity index (χ1v) is 7.36. The molecule has 1 heterocycles. The fourth-order valence-corrected chi connectivity index (χ4v) is 2.10. The van der Waals surface area contributed by atoms with Gasteiger partial charge in [-0.25, -0.2) is 0 Å². The van der Waals surface area contributed by atoms with Crippen molar-refractivity contribution in [2.24, 2.45) is 13.0 Å². The third-order valence-corrected chi connectivity index (χ3v) is 3.53. The predicted octanol–water partition coefficient (Wildman–Crippen LogP) is 0.858. The van der Waals surface area contributed by atoms with Gasteiger partial charge < -0.3 is 10.6 Å². The van der Waals surface area contributed by atoms with Crippen LogP contribution in [-0.4, -0.2) is 34.7 Å². The van der Waals surface area contributed by atoms with Gasteiger partial charge in [0.25, 0.3) is 0 Å². The first kappa shape index (κ1) is 17.2. The molecule has 0 unspecified atom stereocenters. The monoisotopic (exact) mass is 294 g/mol. The maximum Gasteiger partial charge on any atom is 0.222 e. The van der Waals surface area contributed by atoms with Gasteiger partial charge in [0.05, 0.1) is 5.69 Å². The lowest BCUT2D eigenvalue weighted by atomic mass is 10.1. The second kappa shape index (κ2) is 7.81. The van der Waals surface area contributed by atoms with Gasteiger partial charge in [-0.3, -0.25) is 14.3 Å². The third kappa shape index (κ3) is 5.21. The minimum atomic E-state index is -0.0303. The Bertz CT molecular complexity index is 506. The zero-order valence-corrected chi connectivity index (χ0v) is 13.6. The molecule has 0 saturated heterocycles. The molecular formula is C15H26N4O2. The summed E-state index contributed by atoms with van der Waals surface area (Å²) in [6.45, 7) is 8.57. The van der Waals surface area contributed by atoms with E-state index < -0.39 is 0 Å². The summed E-state index contributed by atoms with van der Waals surface area (Å²) in [7, 11) is 1.91. The van der Waals surface area contributed by atoms with Gasteiger partial charge in [-0.15, -0.1) is 0 Å². The molecule has 6 heteroatoms. The Kier molecular flexibility index (Phi) is 6.39. The number of aromatic nitrogens is 2. The maximum absolute atomic E-state index is 11.8. The average molecular weight is 294 g/mol. The van der Waals surface area contributed by atoms with Crippen molar-refractivity contribution in [1.82, 2.24) is 20.4 Å². The van der Waals surface area contributed by atoms with Crippen LogP contribution in [0.4, 0.5) is 0 Å². The third-order valence-electron chi connectivity index (χ3n) is 3.53. The Morgan fingerprint density at radius 1 is 1.19 bits per heavy atom. The Hall–Kier alpha value is -1.85. The van der Waals surface area contributed by atoms with Crippen LogP contribution in [0.3, 0.4) is 0 Å². The van der Waals surface area contributed by atoms with E-state index in [0.29, 0.717) is 25.9 Å². The second-order valence-electron chi connectivity index (χ2n) is 5.57. The summed E-state index contributed by atoms with van der Waals surface area (Å²) in [5.74, 6) is -0.0282. The summed E-state index contributed by atoms with van der Waals surface area (Å²) >= 11 is 0. The second-order valence-corrected chi connectivity index (χ2v) is 5.57. The molecule has 2 amide bonds. The van der Waals surface area contributed by atoms with E-state index in [1.54, 1.807) is 0 Å². The predicted molar refractivity (Wildman–Crippen MR) is 81.9 cm³/mol. The molecule has 0 aliphatic heterocycles. The van der Waals surface area contributed by atoms with Gasteiger partial charge in [-0.2, -0.15) is 5.10 Å². The van der Waals surface area contributed by atoms with Crippen LogP contribution >= 0.6 is 0 Å². The van der Waals surface area contributed by atoms with Crippen LogP contribution in [0.25, 0.3) is 0 Å². The number of aryl methyl sites for hydroxylation is 2. The lowest BCUT2D eigenvalue weighted by molar-refractivity contribution is -0.124. The summed E-state index contributed by atoms with van der Waals surface area (Å²) in [6.07, 6.45) is 1.13. The Labute approximate surface area is 126 Å². The number of hydrogen-bond acceptors (Lipinski definition) is 3. The molecule has 0 aromatic carbocycles. The van der Waals surface area contributed by atoms with Crippen LogP contribution in [0.2, 0.25) is 0 Å². The van der Waals surface area contributed by atoms with Crippen molar-refractivity contribution in [1.29, 1.82) is 0 Å². The first-order valence-electron chi connectivity index (χ1n) is 7.36. The van der Waals surface area contributed by atoms with Crippen molar-refractivity contribution < 1.29 is 9.59 Å². The fourth-order valence-electron chi connectivity index (χ4n) is 2.10. The van der Waals surface area contributed by atoms with E-state index in [1.807, 2.05) is 39.4 Å². The zero-order chi connectivity index (χ0) is 16.0. The number of carbonyl (C=O) groups excluding carboxylic acids is 2. The summed E-state index contributed by atoms with van der Waals surface area (Å²) < 4.78 is 1.84. The Morgan fingerprint density at radius 3 is 2.33 bits per heavy atom. The smallest absolute Gasteiger partial charge is 0.222 e. The number of amides is 2. The molecule has 0 bridgehead atoms. The van der Waals surface area contributed by atoms with Crippen LogP contribution < -0.4 is 10.6 Å². The minimum Gasteiger partial charge on any atom is -0.354 e. The van der Waals surface area contributed by atoms with Gasteiger partial charge >= 0.3 is 0 Å². The highest BCUT2D eigenvalue weighted by molar-refractivity contribution is 5.78. The molecule has 118 valence electrons. The van der Waals surface area contributed by atoms with E-state index in [1.165, 1.54) is 0 Å².